The van der Waals surface area contributed by atoms with Crippen LogP contribution in [-0.4, -0.2) is 31.4 Å². The number of hydrogen-bond acceptors (Lipinski definition) is 9. The van der Waals surface area contributed by atoms with Gasteiger partial charge in [0.25, 0.3) is 0 Å². The predicted octanol–water partition coefficient (Wildman–Crippen LogP) is 5.10. The standard InChI is InChI=1S/C24H20F3N9/c1-14(16-3-7-28-8-4-16)33-35-22-13-23(36-34-15(2)17-5-9-29-10-6-17)32-24(31-22)30-21-12-19(26)18(25)11-20(21)27/h3-13H,1-2H3,(H3,30,31,32,35,36). The summed E-state index contributed by atoms with van der Waals surface area (Å²) in [5.74, 6) is -3.20. The van der Waals surface area contributed by atoms with Crippen molar-refractivity contribution in [3.05, 3.63) is 95.8 Å². The van der Waals surface area contributed by atoms with Crippen LogP contribution in [-0.2, 0) is 0 Å². The van der Waals surface area contributed by atoms with Crippen LogP contribution in [0.3, 0.4) is 0 Å². The van der Waals surface area contributed by atoms with Crippen molar-refractivity contribution in [2.45, 2.75) is 13.8 Å². The van der Waals surface area contributed by atoms with Crippen molar-refractivity contribution in [3.63, 3.8) is 0 Å². The van der Waals surface area contributed by atoms with Gasteiger partial charge in [-0.15, -0.1) is 0 Å². The van der Waals surface area contributed by atoms with Gasteiger partial charge in [0.05, 0.1) is 17.1 Å². The zero-order valence-corrected chi connectivity index (χ0v) is 19.2. The maximum absolute atomic E-state index is 14.2. The third-order valence-electron chi connectivity index (χ3n) is 4.86. The molecule has 0 saturated heterocycles. The van der Waals surface area contributed by atoms with E-state index < -0.39 is 17.5 Å². The Hall–Kier alpha value is -4.87. The molecule has 0 spiro atoms. The van der Waals surface area contributed by atoms with Gasteiger partial charge in [-0.1, -0.05) is 0 Å². The van der Waals surface area contributed by atoms with Crippen molar-refractivity contribution in [3.8, 4) is 0 Å². The van der Waals surface area contributed by atoms with Crippen molar-refractivity contribution in [1.82, 2.24) is 19.9 Å². The summed E-state index contributed by atoms with van der Waals surface area (Å²) in [4.78, 5) is 16.4. The van der Waals surface area contributed by atoms with Crippen LogP contribution < -0.4 is 16.2 Å². The lowest BCUT2D eigenvalue weighted by Gasteiger charge is -2.11. The number of rotatable bonds is 8. The Kier molecular flexibility index (Phi) is 7.44. The van der Waals surface area contributed by atoms with E-state index in [1.54, 1.807) is 62.9 Å². The van der Waals surface area contributed by atoms with Crippen molar-refractivity contribution >= 4 is 34.7 Å². The second-order valence-corrected chi connectivity index (χ2v) is 7.42. The Labute approximate surface area is 204 Å². The van der Waals surface area contributed by atoms with E-state index >= 15 is 0 Å². The fraction of sp³-hybridized carbons (Fsp3) is 0.0833. The first-order valence-electron chi connectivity index (χ1n) is 10.6. The zero-order chi connectivity index (χ0) is 25.5. The molecule has 0 unspecified atom stereocenters. The topological polar surface area (TPSA) is 112 Å². The van der Waals surface area contributed by atoms with Gasteiger partial charge in [-0.05, 0) is 38.1 Å². The molecule has 0 aliphatic heterocycles. The largest absolute Gasteiger partial charge is 0.321 e. The Balaban J connectivity index is 1.64. The molecule has 0 atom stereocenters. The van der Waals surface area contributed by atoms with Crippen molar-refractivity contribution in [2.24, 2.45) is 10.2 Å². The number of hydrazone groups is 2. The van der Waals surface area contributed by atoms with Gasteiger partial charge in [-0.3, -0.25) is 20.8 Å². The van der Waals surface area contributed by atoms with Gasteiger partial charge in [-0.2, -0.15) is 20.2 Å². The monoisotopic (exact) mass is 491 g/mol. The molecule has 0 radical (unpaired) electrons. The molecule has 36 heavy (non-hydrogen) atoms. The number of nitrogens with one attached hydrogen (secondary N) is 3. The molecule has 0 aliphatic carbocycles. The lowest BCUT2D eigenvalue weighted by Crippen LogP contribution is -2.07. The lowest BCUT2D eigenvalue weighted by atomic mass is 10.2. The summed E-state index contributed by atoms with van der Waals surface area (Å²) in [5, 5.41) is 11.2. The second kappa shape index (κ2) is 11.0. The summed E-state index contributed by atoms with van der Waals surface area (Å²) in [5.41, 5.74) is 8.27. The van der Waals surface area contributed by atoms with E-state index in [9.17, 15) is 13.2 Å². The molecule has 1 aromatic carbocycles. The fourth-order valence-electron chi connectivity index (χ4n) is 2.95. The molecule has 0 saturated carbocycles. The van der Waals surface area contributed by atoms with Crippen LogP contribution in [0.5, 0.6) is 0 Å². The van der Waals surface area contributed by atoms with Crippen molar-refractivity contribution in [2.75, 3.05) is 16.2 Å². The Morgan fingerprint density at radius 3 is 1.64 bits per heavy atom. The highest BCUT2D eigenvalue weighted by Gasteiger charge is 2.13. The van der Waals surface area contributed by atoms with Gasteiger partial charge in [-0.25, -0.2) is 13.2 Å². The van der Waals surface area contributed by atoms with E-state index in [0.29, 0.717) is 23.6 Å². The molecule has 4 rings (SSSR count). The average molecular weight is 491 g/mol. The van der Waals surface area contributed by atoms with Crippen LogP contribution in [0.2, 0.25) is 0 Å². The van der Waals surface area contributed by atoms with E-state index in [2.05, 4.69) is 46.3 Å². The smallest absolute Gasteiger partial charge is 0.231 e. The Bertz CT molecular complexity index is 1340. The molecule has 4 aromatic rings. The number of nitrogens with zero attached hydrogens (tertiary/aromatic N) is 6. The normalized spacial score (nSPS) is 11.8. The quantitative estimate of drug-likeness (QED) is 0.179. The average Bonchev–Trinajstić information content (AvgIpc) is 2.90. The third-order valence-corrected chi connectivity index (χ3v) is 4.86. The maximum Gasteiger partial charge on any atom is 0.231 e. The number of hydrogen-bond donors (Lipinski definition) is 3. The van der Waals surface area contributed by atoms with E-state index in [1.165, 1.54) is 6.07 Å². The van der Waals surface area contributed by atoms with Crippen molar-refractivity contribution in [1.29, 1.82) is 0 Å². The lowest BCUT2D eigenvalue weighted by molar-refractivity contribution is 0.496. The minimum Gasteiger partial charge on any atom is -0.321 e. The molecular weight excluding hydrogens is 471 g/mol. The van der Waals surface area contributed by atoms with E-state index in [-0.39, 0.29) is 23.3 Å². The van der Waals surface area contributed by atoms with Gasteiger partial charge in [0.15, 0.2) is 23.3 Å². The van der Waals surface area contributed by atoms with E-state index in [1.807, 2.05) is 0 Å². The summed E-state index contributed by atoms with van der Waals surface area (Å²) < 4.78 is 41.2. The van der Waals surface area contributed by atoms with Gasteiger partial charge >= 0.3 is 0 Å². The minimum atomic E-state index is -1.31. The summed E-state index contributed by atoms with van der Waals surface area (Å²) >= 11 is 0. The van der Waals surface area contributed by atoms with Crippen LogP contribution in [0.25, 0.3) is 0 Å². The van der Waals surface area contributed by atoms with Crippen LogP contribution in [0, 0.1) is 17.5 Å². The Morgan fingerprint density at radius 1 is 0.667 bits per heavy atom. The molecule has 12 heteroatoms. The summed E-state index contributed by atoms with van der Waals surface area (Å²) in [7, 11) is 0. The SMILES string of the molecule is CC(=NNc1cc(NN=C(C)c2ccncc2)nc(Nc2cc(F)c(F)cc2F)n1)c1ccncc1. The van der Waals surface area contributed by atoms with Crippen LogP contribution in [0.1, 0.15) is 25.0 Å². The highest BCUT2D eigenvalue weighted by atomic mass is 19.2. The molecular formula is C24H20F3N9. The third kappa shape index (κ3) is 6.17. The first-order valence-corrected chi connectivity index (χ1v) is 10.6. The molecule has 9 nitrogen and oxygen atoms in total. The number of aromatic nitrogens is 4. The maximum atomic E-state index is 14.2. The number of anilines is 4. The summed E-state index contributed by atoms with van der Waals surface area (Å²) in [6, 6.07) is 9.82. The highest BCUT2D eigenvalue weighted by molar-refractivity contribution is 5.99. The first-order chi connectivity index (χ1) is 17.4. The molecule has 0 aliphatic rings. The number of benzene rings is 1. The highest BCUT2D eigenvalue weighted by Crippen LogP contribution is 2.23. The van der Waals surface area contributed by atoms with E-state index in [4.69, 9.17) is 0 Å². The van der Waals surface area contributed by atoms with Gasteiger partial charge in [0, 0.05) is 54.1 Å². The molecule has 0 amide bonds. The molecule has 0 fully saturated rings. The number of halogens is 3. The zero-order valence-electron chi connectivity index (χ0n) is 19.2. The van der Waals surface area contributed by atoms with Gasteiger partial charge < -0.3 is 5.32 Å². The second-order valence-electron chi connectivity index (χ2n) is 7.42. The first kappa shape index (κ1) is 24.3. The molecule has 0 bridgehead atoms. The predicted molar refractivity (Wildman–Crippen MR) is 132 cm³/mol. The summed E-state index contributed by atoms with van der Waals surface area (Å²) in [6.07, 6.45) is 6.57. The molecule has 182 valence electrons. The van der Waals surface area contributed by atoms with Gasteiger partial charge in [0.2, 0.25) is 5.95 Å². The number of pyridine rings is 2. The van der Waals surface area contributed by atoms with E-state index in [0.717, 1.165) is 11.1 Å². The Morgan fingerprint density at radius 2 is 1.14 bits per heavy atom. The van der Waals surface area contributed by atoms with Gasteiger partial charge in [0.1, 0.15) is 5.82 Å². The molecule has 3 aromatic heterocycles. The fourth-order valence-corrected chi connectivity index (χ4v) is 2.95. The van der Waals surface area contributed by atoms with Crippen LogP contribution in [0.15, 0.2) is 77.5 Å². The summed E-state index contributed by atoms with van der Waals surface area (Å²) in [6.45, 7) is 3.59. The van der Waals surface area contributed by atoms with Crippen molar-refractivity contribution < 1.29 is 13.2 Å². The van der Waals surface area contributed by atoms with Crippen LogP contribution in [0.4, 0.5) is 36.4 Å². The van der Waals surface area contributed by atoms with Crippen LogP contribution >= 0.6 is 0 Å². The molecule has 3 heterocycles. The molecule has 3 N–H and O–H groups in total. The minimum absolute atomic E-state index is 0.110.